The van der Waals surface area contributed by atoms with Crippen LogP contribution in [0.15, 0.2) is 48.0 Å². The normalized spacial score (nSPS) is 15.2. The molecule has 5 heteroatoms. The van der Waals surface area contributed by atoms with Gasteiger partial charge in [-0.3, -0.25) is 14.8 Å². The van der Waals surface area contributed by atoms with Gasteiger partial charge in [0.2, 0.25) is 11.8 Å². The van der Waals surface area contributed by atoms with Gasteiger partial charge in [0, 0.05) is 19.5 Å². The van der Waals surface area contributed by atoms with Crippen molar-refractivity contribution >= 4 is 17.4 Å². The van der Waals surface area contributed by atoms with Crippen LogP contribution in [0.1, 0.15) is 47.6 Å². The lowest BCUT2D eigenvalue weighted by Gasteiger charge is -2.30. The highest BCUT2D eigenvalue weighted by molar-refractivity contribution is 5.92. The summed E-state index contributed by atoms with van der Waals surface area (Å²) in [6, 6.07) is 14.6. The maximum absolute atomic E-state index is 13.1. The number of aryl methyl sites for hydroxylation is 1. The fourth-order valence-corrected chi connectivity index (χ4v) is 4.39. The van der Waals surface area contributed by atoms with Crippen molar-refractivity contribution in [2.75, 3.05) is 6.54 Å². The van der Waals surface area contributed by atoms with E-state index in [1.807, 2.05) is 17.0 Å². The predicted molar refractivity (Wildman–Crippen MR) is 111 cm³/mol. The van der Waals surface area contributed by atoms with Crippen LogP contribution >= 0.6 is 0 Å². The first-order valence-electron chi connectivity index (χ1n) is 10.1. The molecule has 1 aliphatic carbocycles. The molecule has 2 amide bonds. The Labute approximate surface area is 171 Å². The average molecular weight is 390 g/mol. The first-order valence-corrected chi connectivity index (χ1v) is 10.1. The smallest absolute Gasteiger partial charge is 0.243 e. The molecule has 2 aromatic carbocycles. The topological polar surface area (TPSA) is 69.6 Å². The van der Waals surface area contributed by atoms with E-state index in [1.54, 1.807) is 5.48 Å². The standard InChI is InChI=1S/C24H26N2O3/c1-16-12-19-4-2-3-5-21(19)22(16)14-24(28)26-11-10-18-8-6-17(13-20(18)15-26)7-9-23(27)25-29/h2-6,8,13,29H,7,9-12,14-15H2,1H3,(H,25,27). The van der Waals surface area contributed by atoms with Gasteiger partial charge in [0.15, 0.2) is 0 Å². The summed E-state index contributed by atoms with van der Waals surface area (Å²) in [5.74, 6) is -0.216. The molecule has 5 nitrogen and oxygen atoms in total. The molecule has 0 aromatic heterocycles. The molecule has 4 rings (SSSR count). The van der Waals surface area contributed by atoms with Crippen LogP contribution in [0, 0.1) is 0 Å². The van der Waals surface area contributed by atoms with Crippen LogP contribution in [0.2, 0.25) is 0 Å². The van der Waals surface area contributed by atoms with E-state index in [2.05, 4.69) is 37.3 Å². The van der Waals surface area contributed by atoms with E-state index in [9.17, 15) is 9.59 Å². The van der Waals surface area contributed by atoms with Gasteiger partial charge in [-0.1, -0.05) is 48.0 Å². The summed E-state index contributed by atoms with van der Waals surface area (Å²) < 4.78 is 0. The van der Waals surface area contributed by atoms with Crippen LogP contribution in [-0.2, 0) is 35.4 Å². The number of fused-ring (bicyclic) bond motifs is 2. The Morgan fingerprint density at radius 1 is 1.10 bits per heavy atom. The van der Waals surface area contributed by atoms with Crippen LogP contribution in [0.4, 0.5) is 0 Å². The van der Waals surface area contributed by atoms with E-state index in [4.69, 9.17) is 5.21 Å². The molecule has 0 atom stereocenters. The number of hydrogen-bond donors (Lipinski definition) is 2. The van der Waals surface area contributed by atoms with Gasteiger partial charge in [0.25, 0.3) is 0 Å². The Morgan fingerprint density at radius 3 is 2.76 bits per heavy atom. The number of allylic oxidation sites excluding steroid dienone is 1. The van der Waals surface area contributed by atoms with E-state index in [0.717, 1.165) is 30.5 Å². The Hall–Kier alpha value is -2.92. The number of amides is 2. The number of nitrogens with one attached hydrogen (secondary N) is 1. The fourth-order valence-electron chi connectivity index (χ4n) is 4.39. The highest BCUT2D eigenvalue weighted by atomic mass is 16.5. The van der Waals surface area contributed by atoms with Gasteiger partial charge in [-0.25, -0.2) is 5.48 Å². The minimum absolute atomic E-state index is 0.173. The van der Waals surface area contributed by atoms with Crippen molar-refractivity contribution in [3.63, 3.8) is 0 Å². The lowest BCUT2D eigenvalue weighted by atomic mass is 9.95. The van der Waals surface area contributed by atoms with Crippen molar-refractivity contribution in [3.8, 4) is 0 Å². The molecule has 29 heavy (non-hydrogen) atoms. The molecular formula is C24H26N2O3. The third-order valence-corrected chi connectivity index (χ3v) is 6.04. The van der Waals surface area contributed by atoms with Gasteiger partial charge in [0.1, 0.15) is 0 Å². The molecule has 1 aliphatic heterocycles. The number of rotatable bonds is 5. The first kappa shape index (κ1) is 19.4. The van der Waals surface area contributed by atoms with Crippen LogP contribution in [0.5, 0.6) is 0 Å². The second-order valence-electron chi connectivity index (χ2n) is 7.97. The highest BCUT2D eigenvalue weighted by Crippen LogP contribution is 2.35. The number of carbonyl (C=O) groups is 2. The first-order chi connectivity index (χ1) is 14.0. The van der Waals surface area contributed by atoms with E-state index >= 15 is 0 Å². The summed E-state index contributed by atoms with van der Waals surface area (Å²) in [4.78, 5) is 26.3. The highest BCUT2D eigenvalue weighted by Gasteiger charge is 2.25. The van der Waals surface area contributed by atoms with Gasteiger partial charge in [-0.05, 0) is 59.6 Å². The van der Waals surface area contributed by atoms with E-state index in [1.165, 1.54) is 27.8 Å². The molecule has 150 valence electrons. The number of carbonyl (C=O) groups excluding carboxylic acids is 2. The second kappa shape index (κ2) is 8.21. The Kier molecular flexibility index (Phi) is 5.49. The summed E-state index contributed by atoms with van der Waals surface area (Å²) in [5.41, 5.74) is 10.1. The number of nitrogens with zero attached hydrogens (tertiary/aromatic N) is 1. The molecule has 0 saturated carbocycles. The summed E-state index contributed by atoms with van der Waals surface area (Å²) in [6.45, 7) is 3.48. The molecule has 1 heterocycles. The Bertz CT molecular complexity index is 993. The van der Waals surface area contributed by atoms with Crippen molar-refractivity contribution in [3.05, 3.63) is 75.9 Å². The van der Waals surface area contributed by atoms with Gasteiger partial charge < -0.3 is 4.90 Å². The molecular weight excluding hydrogens is 364 g/mol. The summed E-state index contributed by atoms with van der Waals surface area (Å²) in [6.07, 6.45) is 3.05. The van der Waals surface area contributed by atoms with E-state index in [-0.39, 0.29) is 18.2 Å². The molecule has 0 spiro atoms. The van der Waals surface area contributed by atoms with Crippen molar-refractivity contribution in [1.82, 2.24) is 10.4 Å². The maximum atomic E-state index is 13.1. The lowest BCUT2D eigenvalue weighted by molar-refractivity contribution is -0.131. The van der Waals surface area contributed by atoms with E-state index in [0.29, 0.717) is 19.4 Å². The van der Waals surface area contributed by atoms with Gasteiger partial charge in [0.05, 0.1) is 6.42 Å². The molecule has 2 N–H and O–H groups in total. The zero-order valence-electron chi connectivity index (χ0n) is 16.7. The Balaban J connectivity index is 1.45. The van der Waals surface area contributed by atoms with Crippen LogP contribution < -0.4 is 5.48 Å². The van der Waals surface area contributed by atoms with Crippen LogP contribution in [-0.4, -0.2) is 28.5 Å². The van der Waals surface area contributed by atoms with Gasteiger partial charge in [-0.15, -0.1) is 0 Å². The third-order valence-electron chi connectivity index (χ3n) is 6.04. The molecule has 2 aliphatic rings. The molecule has 0 radical (unpaired) electrons. The second-order valence-corrected chi connectivity index (χ2v) is 7.97. The van der Waals surface area contributed by atoms with Crippen LogP contribution in [0.25, 0.3) is 5.57 Å². The quantitative estimate of drug-likeness (QED) is 0.607. The molecule has 0 fully saturated rings. The van der Waals surface area contributed by atoms with Gasteiger partial charge in [-0.2, -0.15) is 0 Å². The SMILES string of the molecule is CC1=C(CC(=O)N2CCc3ccc(CCC(=O)NO)cc3C2)c2ccccc2C1. The number of hydroxylamine groups is 1. The fraction of sp³-hybridized carbons (Fsp3) is 0.333. The molecule has 0 bridgehead atoms. The zero-order valence-corrected chi connectivity index (χ0v) is 16.7. The Morgan fingerprint density at radius 2 is 1.93 bits per heavy atom. The molecule has 0 unspecified atom stereocenters. The van der Waals surface area contributed by atoms with E-state index < -0.39 is 0 Å². The maximum Gasteiger partial charge on any atom is 0.243 e. The van der Waals surface area contributed by atoms with Crippen molar-refractivity contribution < 1.29 is 14.8 Å². The lowest BCUT2D eigenvalue weighted by Crippen LogP contribution is -2.36. The van der Waals surface area contributed by atoms with Gasteiger partial charge >= 0.3 is 0 Å². The number of benzene rings is 2. The largest absolute Gasteiger partial charge is 0.338 e. The number of hydrogen-bond acceptors (Lipinski definition) is 3. The summed E-state index contributed by atoms with van der Waals surface area (Å²) >= 11 is 0. The average Bonchev–Trinajstić information content (AvgIpc) is 3.06. The zero-order chi connectivity index (χ0) is 20.4. The van der Waals surface area contributed by atoms with Crippen molar-refractivity contribution in [1.29, 1.82) is 0 Å². The van der Waals surface area contributed by atoms with Crippen LogP contribution in [0.3, 0.4) is 0 Å². The monoisotopic (exact) mass is 390 g/mol. The molecule has 0 saturated heterocycles. The van der Waals surface area contributed by atoms with Crippen molar-refractivity contribution in [2.24, 2.45) is 0 Å². The molecule has 2 aromatic rings. The minimum atomic E-state index is -0.389. The minimum Gasteiger partial charge on any atom is -0.338 e. The third kappa shape index (κ3) is 4.10. The van der Waals surface area contributed by atoms with Crippen molar-refractivity contribution in [2.45, 2.75) is 45.6 Å². The summed E-state index contributed by atoms with van der Waals surface area (Å²) in [7, 11) is 0. The predicted octanol–water partition coefficient (Wildman–Crippen LogP) is 3.43. The summed E-state index contributed by atoms with van der Waals surface area (Å²) in [5, 5.41) is 8.65.